The lowest BCUT2D eigenvalue weighted by Crippen LogP contribution is -2.59. The lowest BCUT2D eigenvalue weighted by molar-refractivity contribution is -0.146. The fraction of sp³-hybridized carbons (Fsp3) is 0.600. The predicted octanol–water partition coefficient (Wildman–Crippen LogP) is 2.89. The van der Waals surface area contributed by atoms with Crippen LogP contribution in [0.3, 0.4) is 0 Å². The van der Waals surface area contributed by atoms with Crippen LogP contribution < -0.4 is 10.6 Å². The van der Waals surface area contributed by atoms with Gasteiger partial charge in [0.25, 0.3) is 0 Å². The molecule has 1 aromatic rings. The fourth-order valence-corrected chi connectivity index (χ4v) is 3.77. The van der Waals surface area contributed by atoms with Crippen LogP contribution in [0.1, 0.15) is 43.7 Å². The molecule has 1 fully saturated rings. The van der Waals surface area contributed by atoms with Crippen LogP contribution in [0.5, 0.6) is 0 Å². The third-order valence-electron chi connectivity index (χ3n) is 4.16. The summed E-state index contributed by atoms with van der Waals surface area (Å²) in [6, 6.07) is -0.405. The van der Waals surface area contributed by atoms with Gasteiger partial charge in [0.1, 0.15) is 5.54 Å². The normalized spacial score (nSPS) is 25.3. The second kappa shape index (κ2) is 6.47. The molecule has 1 saturated carbocycles. The molecule has 116 valence electrons. The Hall–Kier alpha value is -1.56. The van der Waals surface area contributed by atoms with E-state index in [2.05, 4.69) is 10.6 Å². The topological polar surface area (TPSA) is 78.4 Å². The first-order valence-corrected chi connectivity index (χ1v) is 8.18. The quantitative estimate of drug-likeness (QED) is 0.800. The zero-order valence-corrected chi connectivity index (χ0v) is 13.3. The summed E-state index contributed by atoms with van der Waals surface area (Å²) in [5.74, 6) is -0.620. The molecule has 6 heteroatoms. The number of hydrogen-bond acceptors (Lipinski definition) is 3. The van der Waals surface area contributed by atoms with Crippen molar-refractivity contribution in [3.05, 3.63) is 21.9 Å². The van der Waals surface area contributed by atoms with Crippen molar-refractivity contribution in [1.29, 1.82) is 0 Å². The molecular formula is C15H22N2O3S. The van der Waals surface area contributed by atoms with E-state index in [0.29, 0.717) is 25.3 Å². The average Bonchev–Trinajstić information content (AvgIpc) is 2.82. The first-order chi connectivity index (χ1) is 9.93. The molecule has 1 heterocycles. The van der Waals surface area contributed by atoms with Gasteiger partial charge in [-0.25, -0.2) is 9.59 Å². The maximum atomic E-state index is 12.1. The van der Waals surface area contributed by atoms with Crippen LogP contribution >= 0.6 is 11.3 Å². The first-order valence-electron chi connectivity index (χ1n) is 7.24. The Morgan fingerprint density at radius 2 is 2.24 bits per heavy atom. The van der Waals surface area contributed by atoms with Crippen LogP contribution in [-0.4, -0.2) is 22.6 Å². The molecule has 5 nitrogen and oxygen atoms in total. The largest absolute Gasteiger partial charge is 0.480 e. The van der Waals surface area contributed by atoms with Crippen LogP contribution in [-0.2, 0) is 11.3 Å². The summed E-state index contributed by atoms with van der Waals surface area (Å²) >= 11 is 1.59. The molecule has 21 heavy (non-hydrogen) atoms. The monoisotopic (exact) mass is 310 g/mol. The average molecular weight is 310 g/mol. The molecule has 1 aromatic heterocycles. The van der Waals surface area contributed by atoms with Gasteiger partial charge in [-0.05, 0) is 47.6 Å². The van der Waals surface area contributed by atoms with Crippen molar-refractivity contribution in [2.75, 3.05) is 0 Å². The Kier molecular flexibility index (Phi) is 4.88. The Morgan fingerprint density at radius 3 is 2.81 bits per heavy atom. The number of carbonyl (C=O) groups is 2. The Labute approximate surface area is 128 Å². The number of urea groups is 1. The highest BCUT2D eigenvalue weighted by Crippen LogP contribution is 2.32. The van der Waals surface area contributed by atoms with Crippen LogP contribution in [0.2, 0.25) is 0 Å². The lowest BCUT2D eigenvalue weighted by atomic mass is 9.76. The lowest BCUT2D eigenvalue weighted by Gasteiger charge is -2.37. The second-order valence-corrected chi connectivity index (χ2v) is 6.72. The van der Waals surface area contributed by atoms with E-state index in [1.54, 1.807) is 11.3 Å². The third-order valence-corrected chi connectivity index (χ3v) is 5.07. The van der Waals surface area contributed by atoms with Crippen molar-refractivity contribution >= 4 is 23.3 Å². The molecule has 0 aromatic carbocycles. The predicted molar refractivity (Wildman–Crippen MR) is 82.4 cm³/mol. The summed E-state index contributed by atoms with van der Waals surface area (Å²) < 4.78 is 0. The molecule has 2 atom stereocenters. The number of aryl methyl sites for hydroxylation is 1. The molecule has 2 unspecified atom stereocenters. The minimum absolute atomic E-state index is 0.314. The van der Waals surface area contributed by atoms with E-state index in [1.165, 1.54) is 0 Å². The zero-order valence-electron chi connectivity index (χ0n) is 12.4. The molecule has 1 aliphatic carbocycles. The van der Waals surface area contributed by atoms with E-state index in [-0.39, 0.29) is 0 Å². The summed E-state index contributed by atoms with van der Waals surface area (Å²) in [6.45, 7) is 4.45. The number of thiophene rings is 1. The number of hydrogen-bond donors (Lipinski definition) is 3. The molecule has 2 amide bonds. The highest BCUT2D eigenvalue weighted by molar-refractivity contribution is 7.08. The Balaban J connectivity index is 1.95. The molecule has 1 aliphatic rings. The fourth-order valence-electron chi connectivity index (χ4n) is 2.92. The summed E-state index contributed by atoms with van der Waals surface area (Å²) in [6.07, 6.45) is 2.84. The van der Waals surface area contributed by atoms with E-state index >= 15 is 0 Å². The molecule has 2 rings (SSSR count). The zero-order chi connectivity index (χ0) is 15.5. The van der Waals surface area contributed by atoms with E-state index in [9.17, 15) is 14.7 Å². The van der Waals surface area contributed by atoms with Gasteiger partial charge in [0, 0.05) is 6.54 Å². The number of carboxylic acids is 1. The van der Waals surface area contributed by atoms with Crippen LogP contribution in [0.15, 0.2) is 10.8 Å². The van der Waals surface area contributed by atoms with Gasteiger partial charge in [-0.15, -0.1) is 0 Å². The number of carboxylic acid groups (broad SMARTS) is 1. The Morgan fingerprint density at radius 1 is 1.48 bits per heavy atom. The van der Waals surface area contributed by atoms with Gasteiger partial charge in [0.15, 0.2) is 0 Å². The Bertz CT molecular complexity index is 529. The number of carbonyl (C=O) groups excluding carboxylic acids is 1. The minimum Gasteiger partial charge on any atom is -0.480 e. The maximum Gasteiger partial charge on any atom is 0.329 e. The standard InChI is InChI=1S/C15H22N2O3S/c1-10-4-3-5-15(6-10,13(18)19)17-14(20)16-7-12-9-21-8-11(12)2/h8-10H,3-7H2,1-2H3,(H,18,19)(H2,16,17,20). The van der Waals surface area contributed by atoms with Crippen molar-refractivity contribution in [1.82, 2.24) is 10.6 Å². The van der Waals surface area contributed by atoms with E-state index in [4.69, 9.17) is 0 Å². The van der Waals surface area contributed by atoms with Crippen LogP contribution in [0, 0.1) is 12.8 Å². The number of amides is 2. The third kappa shape index (κ3) is 3.75. The second-order valence-electron chi connectivity index (χ2n) is 5.98. The molecule has 0 radical (unpaired) electrons. The van der Waals surface area contributed by atoms with Crippen molar-refractivity contribution in [2.24, 2.45) is 5.92 Å². The molecular weight excluding hydrogens is 288 g/mol. The first kappa shape index (κ1) is 15.8. The summed E-state index contributed by atoms with van der Waals surface area (Å²) in [5.41, 5.74) is 1.09. The van der Waals surface area contributed by atoms with Crippen molar-refractivity contribution in [3.8, 4) is 0 Å². The minimum atomic E-state index is -1.12. The van der Waals surface area contributed by atoms with E-state index in [1.807, 2.05) is 24.6 Å². The number of aliphatic carboxylic acids is 1. The molecule has 0 spiro atoms. The molecule has 3 N–H and O–H groups in total. The van der Waals surface area contributed by atoms with Gasteiger partial charge >= 0.3 is 12.0 Å². The smallest absolute Gasteiger partial charge is 0.329 e. The van der Waals surface area contributed by atoms with Gasteiger partial charge in [-0.3, -0.25) is 0 Å². The highest BCUT2D eigenvalue weighted by Gasteiger charge is 2.43. The van der Waals surface area contributed by atoms with Crippen LogP contribution in [0.25, 0.3) is 0 Å². The van der Waals surface area contributed by atoms with Crippen molar-refractivity contribution in [3.63, 3.8) is 0 Å². The number of rotatable bonds is 4. The number of nitrogens with one attached hydrogen (secondary N) is 2. The van der Waals surface area contributed by atoms with Gasteiger partial charge < -0.3 is 15.7 Å². The van der Waals surface area contributed by atoms with Gasteiger partial charge in [-0.2, -0.15) is 11.3 Å². The summed E-state index contributed by atoms with van der Waals surface area (Å²) in [5, 5.41) is 19.0. The van der Waals surface area contributed by atoms with Gasteiger partial charge in [0.2, 0.25) is 0 Å². The molecule has 0 bridgehead atoms. The van der Waals surface area contributed by atoms with E-state index in [0.717, 1.165) is 24.0 Å². The van der Waals surface area contributed by atoms with Gasteiger partial charge in [-0.1, -0.05) is 19.8 Å². The SMILES string of the molecule is Cc1cscc1CNC(=O)NC1(C(=O)O)CCCC(C)C1. The van der Waals surface area contributed by atoms with Crippen molar-refractivity contribution < 1.29 is 14.7 Å². The summed E-state index contributed by atoms with van der Waals surface area (Å²) in [4.78, 5) is 23.7. The van der Waals surface area contributed by atoms with Crippen LogP contribution in [0.4, 0.5) is 4.79 Å². The van der Waals surface area contributed by atoms with Crippen molar-refractivity contribution in [2.45, 2.75) is 51.6 Å². The summed E-state index contributed by atoms with van der Waals surface area (Å²) in [7, 11) is 0. The van der Waals surface area contributed by atoms with Gasteiger partial charge in [0.05, 0.1) is 0 Å². The molecule has 0 aliphatic heterocycles. The highest BCUT2D eigenvalue weighted by atomic mass is 32.1. The maximum absolute atomic E-state index is 12.1. The van der Waals surface area contributed by atoms with E-state index < -0.39 is 17.5 Å². The molecule has 0 saturated heterocycles.